The fourth-order valence-corrected chi connectivity index (χ4v) is 7.88. The Morgan fingerprint density at radius 3 is 2.73 bits per heavy atom. The van der Waals surface area contributed by atoms with E-state index in [9.17, 15) is 13.7 Å². The molecule has 37 heavy (non-hydrogen) atoms. The number of thiophene rings is 1. The first-order valence-corrected chi connectivity index (χ1v) is 14.7. The molecule has 1 aliphatic rings. The predicted octanol–water partition coefficient (Wildman–Crippen LogP) is 5.12. The van der Waals surface area contributed by atoms with Crippen LogP contribution < -0.4 is 4.90 Å². The van der Waals surface area contributed by atoms with E-state index in [1.807, 2.05) is 53.9 Å². The van der Waals surface area contributed by atoms with Gasteiger partial charge in [-0.2, -0.15) is 9.57 Å². The molecule has 1 unspecified atom stereocenters. The van der Waals surface area contributed by atoms with Gasteiger partial charge in [-0.05, 0) is 59.2 Å². The van der Waals surface area contributed by atoms with Gasteiger partial charge in [-0.15, -0.1) is 11.3 Å². The molecule has 0 fully saturated rings. The van der Waals surface area contributed by atoms with Crippen molar-refractivity contribution >= 4 is 27.0 Å². The minimum atomic E-state index is -3.78. The third kappa shape index (κ3) is 5.47. The van der Waals surface area contributed by atoms with Crippen LogP contribution in [-0.4, -0.2) is 35.3 Å². The predicted molar refractivity (Wildman–Crippen MR) is 146 cm³/mol. The van der Waals surface area contributed by atoms with Gasteiger partial charge in [-0.1, -0.05) is 43.7 Å². The van der Waals surface area contributed by atoms with Gasteiger partial charge in [-0.3, -0.25) is 0 Å². The SMILES string of the molecule is CCCc1csc(S(=O)(=O)N2Cc3cc(C#N)ccc3N(Cc3cnc[nH]3)CC2Cc2ccccc2)c1. The standard InChI is InChI=1S/C28H29N5O2S2/c1-2-6-23-13-28(36-19-23)37(34,35)33-16-24-11-22(14-29)9-10-27(24)32(17-25-15-30-20-31-25)18-26(33)12-21-7-4-3-5-8-21/h3-5,7-11,13,15,19-20,26H,2,6,12,16-18H2,1H3,(H,30,31). The second-order valence-corrected chi connectivity index (χ2v) is 12.4. The zero-order chi connectivity index (χ0) is 25.8. The Hall–Kier alpha value is -3.45. The Kier molecular flexibility index (Phi) is 7.42. The number of benzene rings is 2. The second kappa shape index (κ2) is 10.9. The lowest BCUT2D eigenvalue weighted by molar-refractivity contribution is 0.318. The molecule has 9 heteroatoms. The van der Waals surface area contributed by atoms with E-state index in [-0.39, 0.29) is 12.6 Å². The summed E-state index contributed by atoms with van der Waals surface area (Å²) in [6.07, 6.45) is 5.83. The molecule has 1 aliphatic heterocycles. The lowest BCUT2D eigenvalue weighted by Gasteiger charge is -2.31. The van der Waals surface area contributed by atoms with Gasteiger partial charge in [0.05, 0.1) is 30.2 Å². The Labute approximate surface area is 222 Å². The number of anilines is 1. The average Bonchev–Trinajstić information content (AvgIpc) is 3.57. The molecule has 0 amide bonds. The molecule has 0 saturated heterocycles. The van der Waals surface area contributed by atoms with Crippen LogP contribution in [0.4, 0.5) is 5.69 Å². The molecular formula is C28H29N5O2S2. The lowest BCUT2D eigenvalue weighted by atomic mass is 10.1. The van der Waals surface area contributed by atoms with Crippen molar-refractivity contribution in [1.82, 2.24) is 14.3 Å². The van der Waals surface area contributed by atoms with Gasteiger partial charge in [0.1, 0.15) is 4.21 Å². The van der Waals surface area contributed by atoms with Crippen LogP contribution in [0, 0.1) is 11.3 Å². The maximum absolute atomic E-state index is 14.2. The number of nitriles is 1. The fourth-order valence-electron chi connectivity index (χ4n) is 4.92. The van der Waals surface area contributed by atoms with Crippen LogP contribution in [0.25, 0.3) is 0 Å². The highest BCUT2D eigenvalue weighted by atomic mass is 32.2. The Morgan fingerprint density at radius 1 is 1.16 bits per heavy atom. The van der Waals surface area contributed by atoms with Crippen molar-refractivity contribution in [3.05, 3.63) is 100 Å². The van der Waals surface area contributed by atoms with Crippen molar-refractivity contribution < 1.29 is 8.42 Å². The summed E-state index contributed by atoms with van der Waals surface area (Å²) >= 11 is 1.29. The third-order valence-corrected chi connectivity index (χ3v) is 10.0. The molecule has 190 valence electrons. The number of aryl methyl sites for hydroxylation is 1. The number of rotatable bonds is 8. The molecule has 1 N–H and O–H groups in total. The van der Waals surface area contributed by atoms with E-state index < -0.39 is 10.0 Å². The summed E-state index contributed by atoms with van der Waals surface area (Å²) in [6, 6.07) is 19.3. The molecule has 4 aromatic rings. The molecule has 0 aliphatic carbocycles. The average molecular weight is 532 g/mol. The van der Waals surface area contributed by atoms with Crippen molar-refractivity contribution in [2.75, 3.05) is 11.4 Å². The molecule has 1 atom stereocenters. The number of H-pyrrole nitrogens is 1. The third-order valence-electron chi connectivity index (χ3n) is 6.68. The van der Waals surface area contributed by atoms with Gasteiger partial charge in [0, 0.05) is 31.0 Å². The van der Waals surface area contributed by atoms with Crippen LogP contribution in [0.3, 0.4) is 0 Å². The number of nitrogens with one attached hydrogen (secondary N) is 1. The van der Waals surface area contributed by atoms with Crippen molar-refractivity contribution in [3.8, 4) is 6.07 Å². The molecule has 2 aromatic carbocycles. The van der Waals surface area contributed by atoms with E-state index in [1.54, 1.807) is 22.9 Å². The maximum Gasteiger partial charge on any atom is 0.253 e. The van der Waals surface area contributed by atoms with Crippen LogP contribution in [0.15, 0.2) is 76.7 Å². The first-order chi connectivity index (χ1) is 18.0. The monoisotopic (exact) mass is 531 g/mol. The summed E-state index contributed by atoms with van der Waals surface area (Å²) in [7, 11) is -3.78. The summed E-state index contributed by atoms with van der Waals surface area (Å²) < 4.78 is 30.4. The number of aromatic amines is 1. The summed E-state index contributed by atoms with van der Waals surface area (Å²) in [6.45, 7) is 3.34. The normalized spacial score (nSPS) is 16.2. The van der Waals surface area contributed by atoms with Crippen LogP contribution in [0.2, 0.25) is 0 Å². The molecule has 7 nitrogen and oxygen atoms in total. The smallest absolute Gasteiger partial charge is 0.253 e. The van der Waals surface area contributed by atoms with Gasteiger partial charge in [0.25, 0.3) is 10.0 Å². The van der Waals surface area contributed by atoms with E-state index in [0.717, 1.165) is 40.9 Å². The van der Waals surface area contributed by atoms with Crippen molar-refractivity contribution in [2.24, 2.45) is 0 Å². The number of aromatic nitrogens is 2. The second-order valence-electron chi connectivity index (χ2n) is 9.33. The number of hydrogen-bond acceptors (Lipinski definition) is 6. The molecule has 2 aromatic heterocycles. The van der Waals surface area contributed by atoms with Crippen molar-refractivity contribution in [2.45, 2.75) is 49.5 Å². The van der Waals surface area contributed by atoms with Gasteiger partial charge < -0.3 is 9.88 Å². The fraction of sp³-hybridized carbons (Fsp3) is 0.286. The maximum atomic E-state index is 14.2. The number of hydrogen-bond donors (Lipinski definition) is 1. The van der Waals surface area contributed by atoms with E-state index in [2.05, 4.69) is 27.9 Å². The van der Waals surface area contributed by atoms with Gasteiger partial charge in [0.2, 0.25) is 0 Å². The van der Waals surface area contributed by atoms with E-state index >= 15 is 0 Å². The molecule has 3 heterocycles. The summed E-state index contributed by atoms with van der Waals surface area (Å²) in [4.78, 5) is 9.53. The highest BCUT2D eigenvalue weighted by Gasteiger charge is 2.37. The topological polar surface area (TPSA) is 93.1 Å². The molecule has 5 rings (SSSR count). The van der Waals surface area contributed by atoms with Crippen LogP contribution >= 0.6 is 11.3 Å². The number of fused-ring (bicyclic) bond motifs is 1. The molecule has 0 saturated carbocycles. The largest absolute Gasteiger partial charge is 0.364 e. The summed E-state index contributed by atoms with van der Waals surface area (Å²) in [5.41, 5.74) is 5.34. The van der Waals surface area contributed by atoms with E-state index in [4.69, 9.17) is 0 Å². The molecular weight excluding hydrogens is 502 g/mol. The van der Waals surface area contributed by atoms with Crippen LogP contribution in [-0.2, 0) is 36.0 Å². The van der Waals surface area contributed by atoms with Crippen molar-refractivity contribution in [1.29, 1.82) is 5.26 Å². The number of sulfonamides is 1. The number of nitrogens with zero attached hydrogens (tertiary/aromatic N) is 4. The summed E-state index contributed by atoms with van der Waals surface area (Å²) in [5.74, 6) is 0. The zero-order valence-electron chi connectivity index (χ0n) is 20.7. The van der Waals surface area contributed by atoms with Gasteiger partial charge in [-0.25, -0.2) is 13.4 Å². The first-order valence-electron chi connectivity index (χ1n) is 12.4. The zero-order valence-corrected chi connectivity index (χ0v) is 22.3. The van der Waals surface area contributed by atoms with E-state index in [0.29, 0.717) is 29.3 Å². The Balaban J connectivity index is 1.60. The molecule has 0 bridgehead atoms. The van der Waals surface area contributed by atoms with Crippen molar-refractivity contribution in [3.63, 3.8) is 0 Å². The molecule has 0 spiro atoms. The van der Waals surface area contributed by atoms with Crippen LogP contribution in [0.1, 0.15) is 41.3 Å². The lowest BCUT2D eigenvalue weighted by Crippen LogP contribution is -2.45. The highest BCUT2D eigenvalue weighted by Crippen LogP contribution is 2.35. The van der Waals surface area contributed by atoms with E-state index in [1.165, 1.54) is 11.3 Å². The highest BCUT2D eigenvalue weighted by molar-refractivity contribution is 7.91. The van der Waals surface area contributed by atoms with Gasteiger partial charge >= 0.3 is 0 Å². The number of imidazole rings is 1. The first kappa shape index (κ1) is 25.2. The van der Waals surface area contributed by atoms with Crippen LogP contribution in [0.5, 0.6) is 0 Å². The summed E-state index contributed by atoms with van der Waals surface area (Å²) in [5, 5.41) is 11.5. The van der Waals surface area contributed by atoms with Gasteiger partial charge in [0.15, 0.2) is 0 Å². The minimum absolute atomic E-state index is 0.200. The Morgan fingerprint density at radius 2 is 2.00 bits per heavy atom. The molecule has 0 radical (unpaired) electrons. The quantitative estimate of drug-likeness (QED) is 0.341. The minimum Gasteiger partial charge on any atom is -0.364 e. The Bertz CT molecular complexity index is 1490.